The van der Waals surface area contributed by atoms with Crippen LogP contribution in [0.5, 0.6) is 0 Å². The van der Waals surface area contributed by atoms with Crippen LogP contribution in [0.25, 0.3) is 0 Å². The molecule has 1 saturated heterocycles. The van der Waals surface area contributed by atoms with Crippen molar-refractivity contribution >= 4 is 27.6 Å². The summed E-state index contributed by atoms with van der Waals surface area (Å²) in [5.41, 5.74) is 0.0340. The molecule has 0 bridgehead atoms. The lowest BCUT2D eigenvalue weighted by molar-refractivity contribution is 0.0695. The first-order chi connectivity index (χ1) is 9.81. The third-order valence-corrected chi connectivity index (χ3v) is 5.14. The largest absolute Gasteiger partial charge is 0.478 e. The first-order valence-electron chi connectivity index (χ1n) is 6.46. The lowest BCUT2D eigenvalue weighted by Gasteiger charge is -2.14. The van der Waals surface area contributed by atoms with Gasteiger partial charge in [0.05, 0.1) is 16.6 Å². The van der Waals surface area contributed by atoms with Gasteiger partial charge in [-0.1, -0.05) is 11.6 Å². The Bertz CT molecular complexity index is 653. The number of nitrogens with one attached hydrogen (secondary N) is 1. The van der Waals surface area contributed by atoms with Gasteiger partial charge in [0.2, 0.25) is 10.0 Å². The summed E-state index contributed by atoms with van der Waals surface area (Å²) < 4.78 is 32.4. The second kappa shape index (κ2) is 6.31. The minimum atomic E-state index is -3.83. The summed E-state index contributed by atoms with van der Waals surface area (Å²) in [5, 5.41) is 9.15. The van der Waals surface area contributed by atoms with Gasteiger partial charge in [-0.05, 0) is 37.5 Å². The Balaban J connectivity index is 2.28. The Hall–Kier alpha value is -1.15. The number of ether oxygens (including phenoxy) is 1. The molecule has 0 amide bonds. The minimum absolute atomic E-state index is 0.0653. The monoisotopic (exact) mass is 333 g/mol. The van der Waals surface area contributed by atoms with E-state index in [2.05, 4.69) is 4.72 Å². The number of carboxylic acids is 1. The molecule has 1 fully saturated rings. The molecule has 0 aliphatic carbocycles. The van der Waals surface area contributed by atoms with Crippen molar-refractivity contribution in [2.24, 2.45) is 0 Å². The fourth-order valence-corrected chi connectivity index (χ4v) is 3.88. The molecule has 116 valence electrons. The van der Waals surface area contributed by atoms with Gasteiger partial charge in [0, 0.05) is 18.2 Å². The molecule has 8 heteroatoms. The average Bonchev–Trinajstić information content (AvgIpc) is 2.91. The van der Waals surface area contributed by atoms with Crippen LogP contribution >= 0.6 is 11.6 Å². The van der Waals surface area contributed by atoms with E-state index in [0.29, 0.717) is 6.61 Å². The zero-order chi connectivity index (χ0) is 15.6. The molecule has 6 nitrogen and oxygen atoms in total. The van der Waals surface area contributed by atoms with E-state index in [4.69, 9.17) is 21.4 Å². The van der Waals surface area contributed by atoms with Crippen LogP contribution in [0.3, 0.4) is 0 Å². The number of rotatable bonds is 5. The molecule has 0 spiro atoms. The number of halogens is 1. The van der Waals surface area contributed by atoms with Crippen molar-refractivity contribution in [3.63, 3.8) is 0 Å². The lowest BCUT2D eigenvalue weighted by atomic mass is 10.1. The molecule has 1 aliphatic heterocycles. The van der Waals surface area contributed by atoms with Crippen LogP contribution in [0.1, 0.15) is 28.8 Å². The maximum Gasteiger partial charge on any atom is 0.336 e. The van der Waals surface area contributed by atoms with E-state index in [1.54, 1.807) is 0 Å². The van der Waals surface area contributed by atoms with Gasteiger partial charge < -0.3 is 9.84 Å². The standard InChI is InChI=1S/C13H16ClNO5S/c1-8-11(13(16)17)5-9(14)6-12(8)21(18,19)15-7-10-3-2-4-20-10/h5-6,10,15H,2-4,7H2,1H3,(H,16,17). The van der Waals surface area contributed by atoms with Gasteiger partial charge in [0.25, 0.3) is 0 Å². The Morgan fingerprint density at radius 3 is 2.81 bits per heavy atom. The number of hydrogen-bond donors (Lipinski definition) is 2. The highest BCUT2D eigenvalue weighted by Crippen LogP contribution is 2.24. The van der Waals surface area contributed by atoms with Gasteiger partial charge in [-0.15, -0.1) is 0 Å². The summed E-state index contributed by atoms with van der Waals surface area (Å²) in [6.07, 6.45) is 1.57. The molecule has 1 unspecified atom stereocenters. The zero-order valence-corrected chi connectivity index (χ0v) is 13.0. The van der Waals surface area contributed by atoms with Crippen molar-refractivity contribution in [2.45, 2.75) is 30.8 Å². The first-order valence-corrected chi connectivity index (χ1v) is 8.32. The summed E-state index contributed by atoms with van der Waals surface area (Å²) in [6, 6.07) is 2.49. The predicted molar refractivity (Wildman–Crippen MR) is 77.3 cm³/mol. The maximum atomic E-state index is 12.3. The molecule has 0 aromatic heterocycles. The molecule has 1 aliphatic rings. The van der Waals surface area contributed by atoms with E-state index in [-0.39, 0.29) is 33.7 Å². The van der Waals surface area contributed by atoms with E-state index in [0.717, 1.165) is 12.8 Å². The number of sulfonamides is 1. The number of carbonyl (C=O) groups is 1. The van der Waals surface area contributed by atoms with Crippen LogP contribution in [0.4, 0.5) is 0 Å². The fourth-order valence-electron chi connectivity index (χ4n) is 2.24. The molecule has 1 atom stereocenters. The van der Waals surface area contributed by atoms with Crippen molar-refractivity contribution < 1.29 is 23.1 Å². The minimum Gasteiger partial charge on any atom is -0.478 e. The highest BCUT2D eigenvalue weighted by atomic mass is 35.5. The predicted octanol–water partition coefficient (Wildman–Crippen LogP) is 1.80. The van der Waals surface area contributed by atoms with Crippen LogP contribution < -0.4 is 4.72 Å². The highest BCUT2D eigenvalue weighted by Gasteiger charge is 2.24. The van der Waals surface area contributed by atoms with E-state index in [1.807, 2.05) is 0 Å². The Morgan fingerprint density at radius 1 is 1.52 bits per heavy atom. The second-order valence-electron chi connectivity index (χ2n) is 4.87. The highest BCUT2D eigenvalue weighted by molar-refractivity contribution is 7.89. The van der Waals surface area contributed by atoms with Crippen LogP contribution in [0.15, 0.2) is 17.0 Å². The normalized spacial score (nSPS) is 18.9. The smallest absolute Gasteiger partial charge is 0.336 e. The van der Waals surface area contributed by atoms with E-state index in [1.165, 1.54) is 19.1 Å². The van der Waals surface area contributed by atoms with Crippen molar-refractivity contribution in [3.8, 4) is 0 Å². The third-order valence-electron chi connectivity index (χ3n) is 3.37. The fraction of sp³-hybridized carbons (Fsp3) is 0.462. The maximum absolute atomic E-state index is 12.3. The summed E-state index contributed by atoms with van der Waals surface area (Å²) >= 11 is 5.82. The number of carboxylic acid groups (broad SMARTS) is 1. The topological polar surface area (TPSA) is 92.7 Å². The summed E-state index contributed by atoms with van der Waals surface area (Å²) in [4.78, 5) is 11.0. The Kier molecular flexibility index (Phi) is 4.88. The van der Waals surface area contributed by atoms with Gasteiger partial charge in [-0.2, -0.15) is 0 Å². The Labute approximate surface area is 128 Å². The van der Waals surface area contributed by atoms with Gasteiger partial charge in [-0.3, -0.25) is 0 Å². The SMILES string of the molecule is Cc1c(C(=O)O)cc(Cl)cc1S(=O)(=O)NCC1CCCO1. The molecular formula is C13H16ClNO5S. The Morgan fingerprint density at radius 2 is 2.24 bits per heavy atom. The molecule has 21 heavy (non-hydrogen) atoms. The quantitative estimate of drug-likeness (QED) is 0.857. The van der Waals surface area contributed by atoms with Crippen LogP contribution in [0, 0.1) is 6.92 Å². The van der Waals surface area contributed by atoms with E-state index in [9.17, 15) is 13.2 Å². The molecular weight excluding hydrogens is 318 g/mol. The number of benzene rings is 1. The molecule has 2 rings (SSSR count). The van der Waals surface area contributed by atoms with Gasteiger partial charge >= 0.3 is 5.97 Å². The van der Waals surface area contributed by atoms with Gasteiger partial charge in [0.1, 0.15) is 0 Å². The van der Waals surface area contributed by atoms with E-state index >= 15 is 0 Å². The van der Waals surface area contributed by atoms with Crippen LogP contribution in [0.2, 0.25) is 5.02 Å². The molecule has 2 N–H and O–H groups in total. The molecule has 1 aromatic rings. The van der Waals surface area contributed by atoms with E-state index < -0.39 is 16.0 Å². The van der Waals surface area contributed by atoms with Crippen LogP contribution in [-0.4, -0.2) is 38.7 Å². The van der Waals surface area contributed by atoms with Gasteiger partial charge in [-0.25, -0.2) is 17.9 Å². The van der Waals surface area contributed by atoms with Gasteiger partial charge in [0.15, 0.2) is 0 Å². The van der Waals surface area contributed by atoms with Crippen LogP contribution in [-0.2, 0) is 14.8 Å². The van der Waals surface area contributed by atoms with Crippen molar-refractivity contribution in [1.82, 2.24) is 4.72 Å². The summed E-state index contributed by atoms with van der Waals surface area (Å²) in [6.45, 7) is 2.24. The molecule has 0 saturated carbocycles. The zero-order valence-electron chi connectivity index (χ0n) is 11.4. The van der Waals surface area contributed by atoms with Crippen molar-refractivity contribution in [3.05, 3.63) is 28.3 Å². The third kappa shape index (κ3) is 3.74. The molecule has 0 radical (unpaired) electrons. The summed E-state index contributed by atoms with van der Waals surface area (Å²) in [5.74, 6) is -1.22. The number of hydrogen-bond acceptors (Lipinski definition) is 4. The molecule has 1 heterocycles. The number of aromatic carboxylic acids is 1. The first kappa shape index (κ1) is 16.2. The molecule has 1 aromatic carbocycles. The average molecular weight is 334 g/mol. The lowest BCUT2D eigenvalue weighted by Crippen LogP contribution is -2.32. The van der Waals surface area contributed by atoms with Crippen molar-refractivity contribution in [2.75, 3.05) is 13.2 Å². The summed E-state index contributed by atoms with van der Waals surface area (Å²) in [7, 11) is -3.83. The second-order valence-corrected chi connectivity index (χ2v) is 7.04. The van der Waals surface area contributed by atoms with Crippen molar-refractivity contribution in [1.29, 1.82) is 0 Å².